The van der Waals surface area contributed by atoms with Gasteiger partial charge in [0.1, 0.15) is 6.10 Å². The van der Waals surface area contributed by atoms with Crippen molar-refractivity contribution in [1.82, 2.24) is 5.32 Å². The van der Waals surface area contributed by atoms with Crippen LogP contribution in [-0.4, -0.2) is 25.3 Å². The summed E-state index contributed by atoms with van der Waals surface area (Å²) in [5, 5.41) is 3.17. The number of primary amides is 1. The summed E-state index contributed by atoms with van der Waals surface area (Å²) in [7, 11) is 0. The first-order chi connectivity index (χ1) is 16.4. The van der Waals surface area contributed by atoms with Crippen LogP contribution in [0.1, 0.15) is 54.5 Å². The van der Waals surface area contributed by atoms with E-state index in [2.05, 4.69) is 5.32 Å². The maximum atomic E-state index is 13.0. The van der Waals surface area contributed by atoms with E-state index in [1.165, 1.54) is 6.92 Å². The zero-order valence-electron chi connectivity index (χ0n) is 19.1. The fourth-order valence-corrected chi connectivity index (χ4v) is 3.38. The number of benzene rings is 2. The second kappa shape index (κ2) is 12.8. The van der Waals surface area contributed by atoms with Crippen molar-refractivity contribution in [1.29, 1.82) is 0 Å². The van der Waals surface area contributed by atoms with Crippen LogP contribution in [0.5, 0.6) is 0 Å². The van der Waals surface area contributed by atoms with Crippen LogP contribution in [0.3, 0.4) is 0 Å². The Hall–Kier alpha value is -2.79. The number of unbranched alkanes of at least 4 members (excludes halogenated alkanes) is 1. The first-order valence-electron chi connectivity index (χ1n) is 11.0. The van der Waals surface area contributed by atoms with Crippen molar-refractivity contribution in [3.8, 4) is 0 Å². The fourth-order valence-electron chi connectivity index (χ4n) is 3.38. The van der Waals surface area contributed by atoms with E-state index in [0.717, 1.165) is 5.56 Å². The summed E-state index contributed by atoms with van der Waals surface area (Å²) in [6.07, 6.45) is -10.8. The quantitative estimate of drug-likeness (QED) is 0.265. The SMILES string of the molecule is CC(OCCCC[C@H](CNCc1ccccc1)OC(N)=O)c1cc(C(F)(F)F)cc(C(F)(F)F)c1. The van der Waals surface area contributed by atoms with Crippen LogP contribution in [-0.2, 0) is 28.4 Å². The Labute approximate surface area is 199 Å². The number of rotatable bonds is 12. The minimum atomic E-state index is -4.92. The van der Waals surface area contributed by atoms with Crippen LogP contribution in [0.25, 0.3) is 0 Å². The summed E-state index contributed by atoms with van der Waals surface area (Å²) < 4.78 is 88.8. The molecule has 0 spiro atoms. The third-order valence-electron chi connectivity index (χ3n) is 5.19. The van der Waals surface area contributed by atoms with Crippen molar-refractivity contribution in [2.75, 3.05) is 13.2 Å². The lowest BCUT2D eigenvalue weighted by atomic mass is 10.0. The highest BCUT2D eigenvalue weighted by molar-refractivity contribution is 5.64. The van der Waals surface area contributed by atoms with Crippen molar-refractivity contribution in [3.05, 3.63) is 70.8 Å². The minimum Gasteiger partial charge on any atom is -0.445 e. The molecule has 1 unspecified atom stereocenters. The standard InChI is InChI=1S/C24H28F6N2O3/c1-16(18-11-19(23(25,26)27)13-20(12-18)24(28,29)30)34-10-6-5-9-21(35-22(31)33)15-32-14-17-7-3-2-4-8-17/h2-4,7-8,11-13,16,21,32H,5-6,9-10,14-15H2,1H3,(H2,31,33)/t16?,21-/m1/s1. The van der Waals surface area contributed by atoms with Gasteiger partial charge in [0.2, 0.25) is 0 Å². The Morgan fingerprint density at radius 2 is 1.57 bits per heavy atom. The molecular formula is C24H28F6N2O3. The van der Waals surface area contributed by atoms with E-state index in [4.69, 9.17) is 15.2 Å². The lowest BCUT2D eigenvalue weighted by molar-refractivity contribution is -0.143. The number of halogens is 6. The van der Waals surface area contributed by atoms with E-state index in [1.54, 1.807) is 0 Å². The molecule has 2 aromatic rings. The van der Waals surface area contributed by atoms with Gasteiger partial charge in [-0.3, -0.25) is 0 Å². The van der Waals surface area contributed by atoms with Crippen molar-refractivity contribution in [2.24, 2.45) is 5.73 Å². The predicted octanol–water partition coefficient (Wildman–Crippen LogP) is 6.23. The molecule has 0 fully saturated rings. The highest BCUT2D eigenvalue weighted by atomic mass is 19.4. The number of carbonyl (C=O) groups is 1. The van der Waals surface area contributed by atoms with Gasteiger partial charge < -0.3 is 20.5 Å². The van der Waals surface area contributed by atoms with E-state index in [9.17, 15) is 31.1 Å². The highest BCUT2D eigenvalue weighted by Crippen LogP contribution is 2.37. The van der Waals surface area contributed by atoms with Gasteiger partial charge in [-0.05, 0) is 55.5 Å². The molecule has 2 atom stereocenters. The normalized spacial score (nSPS) is 13.9. The van der Waals surface area contributed by atoms with Crippen LogP contribution >= 0.6 is 0 Å². The van der Waals surface area contributed by atoms with Gasteiger partial charge in [0.15, 0.2) is 0 Å². The number of alkyl halides is 6. The Morgan fingerprint density at radius 3 is 2.11 bits per heavy atom. The summed E-state index contributed by atoms with van der Waals surface area (Å²) in [5.74, 6) is 0. The van der Waals surface area contributed by atoms with E-state index in [0.29, 0.717) is 44.5 Å². The van der Waals surface area contributed by atoms with Gasteiger partial charge in [-0.15, -0.1) is 0 Å². The average Bonchev–Trinajstić information content (AvgIpc) is 2.77. The Morgan fingerprint density at radius 1 is 0.971 bits per heavy atom. The molecule has 2 aromatic carbocycles. The molecule has 0 bridgehead atoms. The van der Waals surface area contributed by atoms with Crippen molar-refractivity contribution in [2.45, 2.75) is 57.3 Å². The van der Waals surface area contributed by atoms with E-state index in [1.807, 2.05) is 30.3 Å². The van der Waals surface area contributed by atoms with Crippen LogP contribution in [0.15, 0.2) is 48.5 Å². The maximum Gasteiger partial charge on any atom is 0.416 e. The van der Waals surface area contributed by atoms with E-state index in [-0.39, 0.29) is 18.2 Å². The lowest BCUT2D eigenvalue weighted by Crippen LogP contribution is -2.32. The molecule has 11 heteroatoms. The van der Waals surface area contributed by atoms with Crippen molar-refractivity contribution in [3.63, 3.8) is 0 Å². The maximum absolute atomic E-state index is 13.0. The Kier molecular flexibility index (Phi) is 10.4. The predicted molar refractivity (Wildman–Crippen MR) is 117 cm³/mol. The highest BCUT2D eigenvalue weighted by Gasteiger charge is 2.37. The summed E-state index contributed by atoms with van der Waals surface area (Å²) in [4.78, 5) is 11.2. The van der Waals surface area contributed by atoms with E-state index >= 15 is 0 Å². The zero-order valence-corrected chi connectivity index (χ0v) is 19.1. The molecule has 35 heavy (non-hydrogen) atoms. The molecule has 2 rings (SSSR count). The third-order valence-corrected chi connectivity index (χ3v) is 5.19. The molecule has 0 aliphatic rings. The number of carbonyl (C=O) groups excluding carboxylic acids is 1. The van der Waals surface area contributed by atoms with Crippen LogP contribution in [0.4, 0.5) is 31.1 Å². The Balaban J connectivity index is 1.85. The van der Waals surface area contributed by atoms with Gasteiger partial charge in [0.25, 0.3) is 0 Å². The molecule has 0 aliphatic heterocycles. The molecule has 0 saturated heterocycles. The zero-order chi connectivity index (χ0) is 26.1. The number of hydrogen-bond acceptors (Lipinski definition) is 4. The smallest absolute Gasteiger partial charge is 0.416 e. The molecular weight excluding hydrogens is 478 g/mol. The van der Waals surface area contributed by atoms with Crippen molar-refractivity contribution < 1.29 is 40.6 Å². The molecule has 0 aromatic heterocycles. The van der Waals surface area contributed by atoms with Crippen LogP contribution < -0.4 is 11.1 Å². The van der Waals surface area contributed by atoms with Crippen molar-refractivity contribution >= 4 is 6.09 Å². The lowest BCUT2D eigenvalue weighted by Gasteiger charge is -2.19. The fraction of sp³-hybridized carbons (Fsp3) is 0.458. The number of amides is 1. The molecule has 0 saturated carbocycles. The molecule has 3 N–H and O–H groups in total. The largest absolute Gasteiger partial charge is 0.445 e. The number of hydrogen-bond donors (Lipinski definition) is 2. The van der Waals surface area contributed by atoms with Gasteiger partial charge >= 0.3 is 18.4 Å². The number of ether oxygens (including phenoxy) is 2. The summed E-state index contributed by atoms with van der Waals surface area (Å²) in [6.45, 7) is 2.41. The second-order valence-electron chi connectivity index (χ2n) is 8.02. The minimum absolute atomic E-state index is 0.0843. The first-order valence-corrected chi connectivity index (χ1v) is 11.0. The average molecular weight is 506 g/mol. The number of nitrogens with two attached hydrogens (primary N) is 1. The Bertz CT molecular complexity index is 903. The van der Waals surface area contributed by atoms with Gasteiger partial charge in [-0.25, -0.2) is 4.79 Å². The molecule has 0 aliphatic carbocycles. The molecule has 1 amide bonds. The molecule has 0 radical (unpaired) electrons. The molecule has 194 valence electrons. The summed E-state index contributed by atoms with van der Waals surface area (Å²) in [5.41, 5.74) is 3.19. The molecule has 0 heterocycles. The topological polar surface area (TPSA) is 73.6 Å². The van der Waals surface area contributed by atoms with Crippen LogP contribution in [0.2, 0.25) is 0 Å². The van der Waals surface area contributed by atoms with E-state index < -0.39 is 41.8 Å². The molecule has 5 nitrogen and oxygen atoms in total. The van der Waals surface area contributed by atoms with Gasteiger partial charge in [-0.1, -0.05) is 30.3 Å². The summed E-state index contributed by atoms with van der Waals surface area (Å²) >= 11 is 0. The monoisotopic (exact) mass is 506 g/mol. The number of nitrogens with one attached hydrogen (secondary N) is 1. The summed E-state index contributed by atoms with van der Waals surface area (Å²) in [6, 6.07) is 11.0. The van der Waals surface area contributed by atoms with Gasteiger partial charge in [0, 0.05) is 19.7 Å². The first kappa shape index (κ1) is 28.4. The third kappa shape index (κ3) is 10.2. The van der Waals surface area contributed by atoms with Gasteiger partial charge in [-0.2, -0.15) is 26.3 Å². The second-order valence-corrected chi connectivity index (χ2v) is 8.02. The van der Waals surface area contributed by atoms with Gasteiger partial charge in [0.05, 0.1) is 17.2 Å². The van der Waals surface area contributed by atoms with Crippen LogP contribution in [0, 0.1) is 0 Å².